The number of fused-ring (bicyclic) bond motifs is 2. The number of hydrogen-bond acceptors (Lipinski definition) is 6. The number of halogens is 1. The molecule has 0 amide bonds. The zero-order valence-electron chi connectivity index (χ0n) is 22.2. The molecule has 3 atom stereocenters. The van der Waals surface area contributed by atoms with Gasteiger partial charge in [0.2, 0.25) is 5.78 Å². The summed E-state index contributed by atoms with van der Waals surface area (Å²) in [6, 6.07) is 14.1. The molecule has 1 saturated heterocycles. The zero-order valence-corrected chi connectivity index (χ0v) is 24.6. The molecule has 0 radical (unpaired) electrons. The highest BCUT2D eigenvalue weighted by Gasteiger charge is 2.43. The second-order valence-corrected chi connectivity index (χ2v) is 11.9. The summed E-state index contributed by atoms with van der Waals surface area (Å²) in [6.45, 7) is 8.28. The van der Waals surface area contributed by atoms with Crippen molar-refractivity contribution in [3.05, 3.63) is 82.5 Å². The van der Waals surface area contributed by atoms with E-state index in [9.17, 15) is 9.59 Å². The summed E-state index contributed by atoms with van der Waals surface area (Å²) in [6.07, 6.45) is 7.05. The van der Waals surface area contributed by atoms with E-state index in [-0.39, 0.29) is 30.2 Å². The van der Waals surface area contributed by atoms with E-state index in [0.29, 0.717) is 22.6 Å². The Labute approximate surface area is 242 Å². The molecule has 1 aliphatic heterocycles. The Bertz CT molecular complexity index is 1510. The summed E-state index contributed by atoms with van der Waals surface area (Å²) in [5.74, 6) is -0.530. The van der Waals surface area contributed by atoms with Gasteiger partial charge in [0.15, 0.2) is 6.61 Å². The first-order valence-corrected chi connectivity index (χ1v) is 15.3. The predicted molar refractivity (Wildman–Crippen MR) is 156 cm³/mol. The van der Waals surface area contributed by atoms with Gasteiger partial charge in [0.05, 0.1) is 5.92 Å². The van der Waals surface area contributed by atoms with Crippen LogP contribution in [0.3, 0.4) is 0 Å². The van der Waals surface area contributed by atoms with Crippen molar-refractivity contribution in [1.82, 2.24) is 9.47 Å². The number of benzene rings is 2. The number of piperidine rings is 1. The third-order valence-electron chi connectivity index (χ3n) is 7.45. The maximum Gasteiger partial charge on any atom is 0.394 e. The fourth-order valence-corrected chi connectivity index (χ4v) is 6.47. The van der Waals surface area contributed by atoms with Crippen molar-refractivity contribution < 1.29 is 31.8 Å². The third kappa shape index (κ3) is 6.90. The van der Waals surface area contributed by atoms with E-state index in [4.69, 9.17) is 22.3 Å². The number of ketones is 1. The Morgan fingerprint density at radius 2 is 1.90 bits per heavy atom. The highest BCUT2D eigenvalue weighted by molar-refractivity contribution is 9.10. The maximum atomic E-state index is 13.2. The molecule has 0 bridgehead atoms. The molecule has 1 aromatic heterocycles. The minimum Gasteiger partial charge on any atom is -0.457 e. The van der Waals surface area contributed by atoms with E-state index >= 15 is 0 Å². The summed E-state index contributed by atoms with van der Waals surface area (Å²) in [5.41, 5.74) is 4.55. The lowest BCUT2D eigenvalue weighted by Gasteiger charge is -2.46. The molecule has 214 valence electrons. The Morgan fingerprint density at radius 1 is 1.18 bits per heavy atom. The second-order valence-electron chi connectivity index (χ2n) is 10.1. The van der Waals surface area contributed by atoms with Crippen LogP contribution in [0.25, 0.3) is 10.9 Å². The average molecular weight is 634 g/mol. The van der Waals surface area contributed by atoms with Gasteiger partial charge in [0.25, 0.3) is 0 Å². The quantitative estimate of drug-likeness (QED) is 0.152. The molecular weight excluding hydrogens is 600 g/mol. The largest absolute Gasteiger partial charge is 0.457 e. The molecule has 2 heterocycles. The minimum atomic E-state index is -4.67. The van der Waals surface area contributed by atoms with Crippen LogP contribution in [0.1, 0.15) is 47.2 Å². The van der Waals surface area contributed by atoms with Crippen LogP contribution >= 0.6 is 15.9 Å². The Balaban J connectivity index is 0.000000681. The number of rotatable bonds is 8. The Morgan fingerprint density at radius 3 is 2.58 bits per heavy atom. The highest BCUT2D eigenvalue weighted by atomic mass is 79.9. The molecule has 1 fully saturated rings. The topological polar surface area (TPSA) is 126 Å². The maximum absolute atomic E-state index is 13.2. The van der Waals surface area contributed by atoms with Gasteiger partial charge in [-0.15, -0.1) is 6.58 Å². The van der Waals surface area contributed by atoms with Crippen molar-refractivity contribution in [3.63, 3.8) is 0 Å². The number of carbonyl (C=O) groups excluding carboxylic acids is 2. The van der Waals surface area contributed by atoms with Crippen LogP contribution in [0.2, 0.25) is 0 Å². The van der Waals surface area contributed by atoms with Crippen LogP contribution in [-0.4, -0.2) is 64.5 Å². The van der Waals surface area contributed by atoms with Gasteiger partial charge < -0.3 is 9.30 Å². The Hall–Kier alpha value is -2.83. The number of aryl methyl sites for hydroxylation is 1. The highest BCUT2D eigenvalue weighted by Crippen LogP contribution is 2.45. The fourth-order valence-electron chi connectivity index (χ4n) is 5.97. The number of hydrogen-bond donors (Lipinski definition) is 2. The van der Waals surface area contributed by atoms with E-state index in [1.807, 2.05) is 18.2 Å². The second kappa shape index (κ2) is 12.8. The minimum absolute atomic E-state index is 0.202. The number of likely N-dealkylation sites (tertiary alicyclic amines) is 1. The molecule has 0 spiro atoms. The normalized spacial score (nSPS) is 20.2. The van der Waals surface area contributed by atoms with Crippen molar-refractivity contribution >= 4 is 49.0 Å². The van der Waals surface area contributed by atoms with E-state index in [2.05, 4.69) is 63.3 Å². The lowest BCUT2D eigenvalue weighted by Crippen LogP contribution is -2.51. The van der Waals surface area contributed by atoms with Crippen LogP contribution in [0.5, 0.6) is 0 Å². The molecule has 3 aromatic rings. The first-order chi connectivity index (χ1) is 19.0. The standard InChI is InChI=1S/C29H31BrN2O3.H2O4S/c1-3-12-31-16-19-15-26-23(21-9-7-11-25(31)28(19)21)14-20(17-32(26)13-4-2)29(34)35-18-27(33)22-8-5-6-10-24(22)30;1-5(2,3)4/h4-11,16,20,23,26H,2-3,12-15,17-18H2,1H3;(H2,1,2,3,4)/t20-,23?,26-;/m1./s1. The van der Waals surface area contributed by atoms with Crippen LogP contribution in [0.4, 0.5) is 0 Å². The van der Waals surface area contributed by atoms with E-state index in [1.165, 1.54) is 22.0 Å². The average Bonchev–Trinajstić information content (AvgIpc) is 3.25. The third-order valence-corrected chi connectivity index (χ3v) is 8.14. The SMILES string of the molecule is C=CCN1C[C@H](C(=O)OCC(=O)c2ccccc2Br)CC2c3cccc4c3c(cn4CCC)C[C@H]21.O=S(=O)(O)O. The Kier molecular flexibility index (Phi) is 9.63. The molecule has 1 aliphatic carbocycles. The molecule has 1 unspecified atom stereocenters. The van der Waals surface area contributed by atoms with Crippen molar-refractivity contribution in [2.75, 3.05) is 19.7 Å². The van der Waals surface area contributed by atoms with E-state index in [0.717, 1.165) is 32.4 Å². The number of nitrogens with zero attached hydrogens (tertiary/aromatic N) is 2. The van der Waals surface area contributed by atoms with Crippen LogP contribution in [0, 0.1) is 5.92 Å². The van der Waals surface area contributed by atoms with Gasteiger partial charge in [-0.2, -0.15) is 8.42 Å². The first kappa shape index (κ1) is 30.1. The van der Waals surface area contributed by atoms with Crippen molar-refractivity contribution in [1.29, 1.82) is 0 Å². The van der Waals surface area contributed by atoms with E-state index < -0.39 is 10.4 Å². The van der Waals surface area contributed by atoms with E-state index in [1.54, 1.807) is 12.1 Å². The van der Waals surface area contributed by atoms with Crippen LogP contribution in [0.15, 0.2) is 65.8 Å². The fraction of sp³-hybridized carbons (Fsp3) is 0.379. The van der Waals surface area contributed by atoms with Crippen LogP contribution in [-0.2, 0) is 32.9 Å². The van der Waals surface area contributed by atoms with Gasteiger partial charge in [-0.1, -0.05) is 59.3 Å². The molecule has 9 nitrogen and oxygen atoms in total. The molecule has 11 heteroatoms. The predicted octanol–water partition coefficient (Wildman–Crippen LogP) is 5.10. The summed E-state index contributed by atoms with van der Waals surface area (Å²) in [7, 11) is -4.67. The molecule has 40 heavy (non-hydrogen) atoms. The molecule has 2 N–H and O–H groups in total. The lowest BCUT2D eigenvalue weighted by molar-refractivity contribution is -0.150. The number of carbonyl (C=O) groups is 2. The van der Waals surface area contributed by atoms with Gasteiger partial charge in [0.1, 0.15) is 0 Å². The van der Waals surface area contributed by atoms with Gasteiger partial charge >= 0.3 is 16.4 Å². The van der Waals surface area contributed by atoms with Gasteiger partial charge in [0, 0.05) is 58.7 Å². The molecular formula is C29H33BrN2O7S. The summed E-state index contributed by atoms with van der Waals surface area (Å²) >= 11 is 3.40. The van der Waals surface area contributed by atoms with Crippen molar-refractivity contribution in [2.45, 2.75) is 44.7 Å². The van der Waals surface area contributed by atoms with Gasteiger partial charge in [-0.05, 0) is 42.5 Å². The number of aromatic nitrogens is 1. The lowest BCUT2D eigenvalue weighted by atomic mass is 9.72. The number of esters is 1. The van der Waals surface area contributed by atoms with Gasteiger partial charge in [-0.25, -0.2) is 0 Å². The smallest absolute Gasteiger partial charge is 0.394 e. The summed E-state index contributed by atoms with van der Waals surface area (Å²) in [5, 5.41) is 1.36. The monoisotopic (exact) mass is 632 g/mol. The number of ether oxygens (including phenoxy) is 1. The molecule has 0 saturated carbocycles. The summed E-state index contributed by atoms with van der Waals surface area (Å²) < 4.78 is 40.2. The molecule has 2 aromatic carbocycles. The zero-order chi connectivity index (χ0) is 29.0. The van der Waals surface area contributed by atoms with Crippen molar-refractivity contribution in [2.24, 2.45) is 5.92 Å². The van der Waals surface area contributed by atoms with Crippen LogP contribution < -0.4 is 0 Å². The number of Topliss-reactive ketones (excluding diaryl/α,β-unsaturated/α-hetero) is 1. The summed E-state index contributed by atoms with van der Waals surface area (Å²) in [4.78, 5) is 28.2. The molecule has 5 rings (SSSR count). The van der Waals surface area contributed by atoms with Gasteiger partial charge in [-0.3, -0.25) is 23.6 Å². The first-order valence-electron chi connectivity index (χ1n) is 13.1. The van der Waals surface area contributed by atoms with Crippen molar-refractivity contribution in [3.8, 4) is 0 Å². The molecule has 2 aliphatic rings.